The van der Waals surface area contributed by atoms with E-state index in [4.69, 9.17) is 4.74 Å². The van der Waals surface area contributed by atoms with Crippen molar-refractivity contribution in [1.29, 1.82) is 0 Å². The van der Waals surface area contributed by atoms with E-state index >= 15 is 0 Å². The molecular weight excluding hydrogens is 366 g/mol. The van der Waals surface area contributed by atoms with Crippen LogP contribution >= 0.6 is 0 Å². The molecule has 8 nitrogen and oxygen atoms in total. The van der Waals surface area contributed by atoms with Crippen LogP contribution in [0.1, 0.15) is 32.5 Å². The first-order valence-electron chi connectivity index (χ1n) is 10.8. The molecule has 8 heteroatoms. The average molecular weight is 402 g/mol. The Morgan fingerprint density at radius 2 is 1.97 bits per heavy atom. The van der Waals surface area contributed by atoms with Crippen LogP contribution in [0.5, 0.6) is 0 Å². The lowest BCUT2D eigenvalue weighted by Crippen LogP contribution is -2.53. The van der Waals surface area contributed by atoms with Crippen molar-refractivity contribution in [1.82, 2.24) is 30.1 Å². The molecule has 0 saturated carbocycles. The number of aliphatic imine (C=N–C) groups is 1. The number of ether oxygens (including phenoxy) is 1. The Bertz CT molecular complexity index is 765. The van der Waals surface area contributed by atoms with E-state index in [0.29, 0.717) is 12.0 Å². The van der Waals surface area contributed by atoms with Crippen molar-refractivity contribution in [3.63, 3.8) is 0 Å². The summed E-state index contributed by atoms with van der Waals surface area (Å²) in [5, 5.41) is 15.5. The van der Waals surface area contributed by atoms with Gasteiger partial charge in [0.25, 0.3) is 0 Å². The molecule has 1 unspecified atom stereocenters. The van der Waals surface area contributed by atoms with Gasteiger partial charge in [-0.15, -0.1) is 10.2 Å². The van der Waals surface area contributed by atoms with Crippen LogP contribution in [0.3, 0.4) is 0 Å². The van der Waals surface area contributed by atoms with E-state index in [2.05, 4.69) is 44.6 Å². The fourth-order valence-corrected chi connectivity index (χ4v) is 4.11. The predicted molar refractivity (Wildman–Crippen MR) is 116 cm³/mol. The summed E-state index contributed by atoms with van der Waals surface area (Å²) >= 11 is 0. The molecule has 3 rings (SSSR count). The van der Waals surface area contributed by atoms with E-state index in [1.165, 1.54) is 12.8 Å². The van der Waals surface area contributed by atoms with Gasteiger partial charge >= 0.3 is 0 Å². The van der Waals surface area contributed by atoms with E-state index in [1.54, 1.807) is 0 Å². The summed E-state index contributed by atoms with van der Waals surface area (Å²) in [4.78, 5) is 6.98. The summed E-state index contributed by atoms with van der Waals surface area (Å²) in [6, 6.07) is 6.43. The minimum absolute atomic E-state index is 0.493. The van der Waals surface area contributed by atoms with Crippen molar-refractivity contribution in [3.8, 4) is 0 Å². The van der Waals surface area contributed by atoms with Crippen molar-refractivity contribution in [3.05, 3.63) is 30.2 Å². The molecular formula is C21H35N7O. The number of fused-ring (bicyclic) bond motifs is 1. The van der Waals surface area contributed by atoms with Crippen LogP contribution in [-0.2, 0) is 11.2 Å². The van der Waals surface area contributed by atoms with Gasteiger partial charge in [0.05, 0.1) is 13.2 Å². The molecule has 2 aromatic rings. The fourth-order valence-electron chi connectivity index (χ4n) is 4.11. The SMILES string of the molecule is CCC(CC)C(CNC(=NC)NCCc1nnc2ccccn12)N1CCOCC1. The molecule has 1 fully saturated rings. The third kappa shape index (κ3) is 5.67. The molecule has 0 amide bonds. The van der Waals surface area contributed by atoms with Gasteiger partial charge in [-0.2, -0.15) is 0 Å². The molecule has 0 aliphatic carbocycles. The van der Waals surface area contributed by atoms with Gasteiger partial charge in [0, 0.05) is 51.9 Å². The summed E-state index contributed by atoms with van der Waals surface area (Å²) < 4.78 is 7.58. The highest BCUT2D eigenvalue weighted by molar-refractivity contribution is 5.79. The Morgan fingerprint density at radius 1 is 1.17 bits per heavy atom. The van der Waals surface area contributed by atoms with Crippen molar-refractivity contribution in [2.75, 3.05) is 46.4 Å². The van der Waals surface area contributed by atoms with Crippen molar-refractivity contribution >= 4 is 11.6 Å². The molecule has 2 N–H and O–H groups in total. The molecule has 1 aliphatic rings. The second-order valence-electron chi connectivity index (χ2n) is 7.47. The zero-order valence-electron chi connectivity index (χ0n) is 18.0. The first-order chi connectivity index (χ1) is 14.3. The Morgan fingerprint density at radius 3 is 2.69 bits per heavy atom. The Balaban J connectivity index is 1.52. The molecule has 1 aliphatic heterocycles. The molecule has 0 bridgehead atoms. The molecule has 2 aromatic heterocycles. The molecule has 160 valence electrons. The van der Waals surface area contributed by atoms with Crippen molar-refractivity contribution in [2.24, 2.45) is 10.9 Å². The number of morpholine rings is 1. The van der Waals surface area contributed by atoms with E-state index < -0.39 is 0 Å². The smallest absolute Gasteiger partial charge is 0.191 e. The van der Waals surface area contributed by atoms with Crippen LogP contribution in [0.15, 0.2) is 29.4 Å². The number of nitrogens with one attached hydrogen (secondary N) is 2. The lowest BCUT2D eigenvalue weighted by Gasteiger charge is -2.39. The highest BCUT2D eigenvalue weighted by Gasteiger charge is 2.27. The number of hydrogen-bond donors (Lipinski definition) is 2. The lowest BCUT2D eigenvalue weighted by atomic mass is 9.92. The van der Waals surface area contributed by atoms with Gasteiger partial charge in [0.1, 0.15) is 5.82 Å². The number of guanidine groups is 1. The van der Waals surface area contributed by atoms with Gasteiger partial charge in [-0.25, -0.2) is 0 Å². The maximum Gasteiger partial charge on any atom is 0.191 e. The van der Waals surface area contributed by atoms with Crippen molar-refractivity contribution in [2.45, 2.75) is 39.2 Å². The van der Waals surface area contributed by atoms with Crippen LogP contribution in [0.4, 0.5) is 0 Å². The highest BCUT2D eigenvalue weighted by Crippen LogP contribution is 2.19. The standard InChI is InChI=1S/C21H35N7O/c1-4-17(5-2)18(27-12-14-29-15-13-27)16-24-21(22-3)23-10-9-20-26-25-19-8-6-7-11-28(19)20/h6-8,11,17-18H,4-5,9-10,12-16H2,1-3H3,(H2,22,23,24). The number of pyridine rings is 1. The Hall–Kier alpha value is -2.19. The van der Waals surface area contributed by atoms with Gasteiger partial charge in [-0.3, -0.25) is 14.3 Å². The third-order valence-electron chi connectivity index (χ3n) is 5.84. The summed E-state index contributed by atoms with van der Waals surface area (Å²) in [5.74, 6) is 2.45. The molecule has 0 spiro atoms. The topological polar surface area (TPSA) is 79.1 Å². The molecule has 1 atom stereocenters. The Labute approximate surface area is 173 Å². The van der Waals surface area contributed by atoms with Crippen LogP contribution in [0.2, 0.25) is 0 Å². The molecule has 3 heterocycles. The summed E-state index contributed by atoms with van der Waals surface area (Å²) in [7, 11) is 1.82. The molecule has 1 saturated heterocycles. The maximum absolute atomic E-state index is 5.55. The second-order valence-corrected chi connectivity index (χ2v) is 7.47. The normalized spacial score (nSPS) is 17.0. The predicted octanol–water partition coefficient (Wildman–Crippen LogP) is 1.57. The summed E-state index contributed by atoms with van der Waals surface area (Å²) in [5.41, 5.74) is 0.878. The summed E-state index contributed by atoms with van der Waals surface area (Å²) in [6.45, 7) is 9.90. The van der Waals surface area contributed by atoms with Gasteiger partial charge in [-0.1, -0.05) is 32.8 Å². The van der Waals surface area contributed by atoms with Gasteiger partial charge in [-0.05, 0) is 18.1 Å². The quantitative estimate of drug-likeness (QED) is 0.491. The molecule has 0 radical (unpaired) electrons. The first-order valence-corrected chi connectivity index (χ1v) is 10.8. The van der Waals surface area contributed by atoms with E-state index in [1.807, 2.05) is 35.8 Å². The largest absolute Gasteiger partial charge is 0.379 e. The Kier molecular flexibility index (Phi) is 8.25. The lowest BCUT2D eigenvalue weighted by molar-refractivity contribution is 0.00272. The maximum atomic E-state index is 5.55. The zero-order chi connectivity index (χ0) is 20.5. The van der Waals surface area contributed by atoms with Crippen molar-refractivity contribution < 1.29 is 4.74 Å². The fraction of sp³-hybridized carbons (Fsp3) is 0.667. The molecule has 29 heavy (non-hydrogen) atoms. The van der Waals surface area contributed by atoms with E-state index in [0.717, 1.165) is 63.2 Å². The number of hydrogen-bond acceptors (Lipinski definition) is 5. The third-order valence-corrected chi connectivity index (χ3v) is 5.84. The molecule has 0 aromatic carbocycles. The second kappa shape index (κ2) is 11.1. The zero-order valence-corrected chi connectivity index (χ0v) is 18.0. The van der Waals surface area contributed by atoms with Crippen LogP contribution in [0.25, 0.3) is 5.65 Å². The van der Waals surface area contributed by atoms with Crippen LogP contribution < -0.4 is 10.6 Å². The highest BCUT2D eigenvalue weighted by atomic mass is 16.5. The minimum atomic E-state index is 0.493. The van der Waals surface area contributed by atoms with Crippen LogP contribution in [-0.4, -0.2) is 77.9 Å². The van der Waals surface area contributed by atoms with E-state index in [-0.39, 0.29) is 0 Å². The van der Waals surface area contributed by atoms with Gasteiger partial charge < -0.3 is 15.4 Å². The van der Waals surface area contributed by atoms with Gasteiger partial charge in [0.15, 0.2) is 11.6 Å². The minimum Gasteiger partial charge on any atom is -0.379 e. The van der Waals surface area contributed by atoms with Gasteiger partial charge in [0.2, 0.25) is 0 Å². The van der Waals surface area contributed by atoms with Crippen LogP contribution in [0, 0.1) is 5.92 Å². The first kappa shape index (κ1) is 21.5. The summed E-state index contributed by atoms with van der Waals surface area (Å²) in [6.07, 6.45) is 5.16. The number of aromatic nitrogens is 3. The monoisotopic (exact) mass is 401 g/mol. The average Bonchev–Trinajstić information content (AvgIpc) is 3.19. The number of rotatable bonds is 9. The van der Waals surface area contributed by atoms with E-state index in [9.17, 15) is 0 Å². The number of nitrogens with zero attached hydrogens (tertiary/aromatic N) is 5.